The van der Waals surface area contributed by atoms with Gasteiger partial charge in [-0.15, -0.1) is 0 Å². The Morgan fingerprint density at radius 2 is 2.03 bits per heavy atom. The van der Waals surface area contributed by atoms with Crippen LogP contribution >= 0.6 is 11.6 Å². The first-order valence-electron chi connectivity index (χ1n) is 11.3. The Morgan fingerprint density at radius 1 is 1.28 bits per heavy atom. The largest absolute Gasteiger partial charge is 0.444 e. The predicted octanol–water partition coefficient (Wildman–Crippen LogP) is 5.17. The van der Waals surface area contributed by atoms with E-state index in [0.29, 0.717) is 22.8 Å². The van der Waals surface area contributed by atoms with E-state index in [4.69, 9.17) is 16.3 Å². The topological polar surface area (TPSA) is 130 Å². The number of nitrogens with zero attached hydrogens (tertiary/aromatic N) is 5. The molecule has 0 bridgehead atoms. The van der Waals surface area contributed by atoms with Crippen molar-refractivity contribution in [3.05, 3.63) is 53.3 Å². The fraction of sp³-hybridized carbons (Fsp3) is 0.375. The minimum Gasteiger partial charge on any atom is -0.444 e. The maximum atomic E-state index is 14.8. The summed E-state index contributed by atoms with van der Waals surface area (Å²) in [6, 6.07) is 4.01. The first-order valence-corrected chi connectivity index (χ1v) is 11.7. The number of carbonyl (C=O) groups is 1. The van der Waals surface area contributed by atoms with E-state index in [0.717, 1.165) is 6.07 Å². The van der Waals surface area contributed by atoms with Gasteiger partial charge in [-0.05, 0) is 46.2 Å². The number of carbonyl (C=O) groups excluding carboxylic acids is 1. The summed E-state index contributed by atoms with van der Waals surface area (Å²) in [6.45, 7) is 8.99. The second kappa shape index (κ2) is 11.2. The quantitative estimate of drug-likeness (QED) is 0.375. The molecule has 3 rings (SSSR count). The van der Waals surface area contributed by atoms with Crippen molar-refractivity contribution >= 4 is 35.0 Å². The fourth-order valence-corrected chi connectivity index (χ4v) is 3.46. The summed E-state index contributed by atoms with van der Waals surface area (Å²) in [7, 11) is 0. The van der Waals surface area contributed by atoms with Crippen molar-refractivity contribution in [1.82, 2.24) is 25.1 Å². The van der Waals surface area contributed by atoms with E-state index in [-0.39, 0.29) is 23.2 Å². The third-order valence-corrected chi connectivity index (χ3v) is 5.20. The van der Waals surface area contributed by atoms with Gasteiger partial charge in [0.05, 0.1) is 40.6 Å². The summed E-state index contributed by atoms with van der Waals surface area (Å²) < 4.78 is 21.7. The van der Waals surface area contributed by atoms with Gasteiger partial charge >= 0.3 is 6.09 Å². The smallest absolute Gasteiger partial charge is 0.407 e. The number of anilines is 3. The van der Waals surface area contributed by atoms with Crippen LogP contribution in [0.1, 0.15) is 46.6 Å². The minimum absolute atomic E-state index is 0.0126. The Morgan fingerprint density at radius 3 is 2.64 bits per heavy atom. The molecule has 3 heterocycles. The standard InChI is InChI=1S/C24H28ClFN8O2/c1-6-20(14(2)30-23(35)36-24(3,4)5)32-22-19(26)7-15(9-27)21(33-22)31-17-8-18(12-28-11-17)34-13-16(25)10-29-34/h7-8,10-14,20H,6H2,1-5H3,(H,30,35)(H2,31,32,33)/t14-,20+/m0/s1. The van der Waals surface area contributed by atoms with Crippen molar-refractivity contribution in [3.63, 3.8) is 0 Å². The molecule has 1 amide bonds. The first-order chi connectivity index (χ1) is 17.0. The summed E-state index contributed by atoms with van der Waals surface area (Å²) in [5.74, 6) is -0.622. The summed E-state index contributed by atoms with van der Waals surface area (Å²) in [5.41, 5.74) is 0.501. The van der Waals surface area contributed by atoms with Crippen molar-refractivity contribution in [2.75, 3.05) is 10.6 Å². The molecule has 10 nitrogen and oxygen atoms in total. The Kier molecular flexibility index (Phi) is 8.32. The van der Waals surface area contributed by atoms with Crippen LogP contribution < -0.4 is 16.0 Å². The fourth-order valence-electron chi connectivity index (χ4n) is 3.32. The van der Waals surface area contributed by atoms with Crippen molar-refractivity contribution < 1.29 is 13.9 Å². The Hall–Kier alpha value is -3.91. The highest BCUT2D eigenvalue weighted by molar-refractivity contribution is 6.30. The number of amides is 1. The number of ether oxygens (including phenoxy) is 1. The number of rotatable bonds is 8. The zero-order valence-corrected chi connectivity index (χ0v) is 21.4. The van der Waals surface area contributed by atoms with E-state index in [1.807, 2.05) is 13.0 Å². The molecule has 0 unspecified atom stereocenters. The normalized spacial score (nSPS) is 12.8. The lowest BCUT2D eigenvalue weighted by Crippen LogP contribution is -2.46. The molecule has 0 aliphatic rings. The van der Waals surface area contributed by atoms with Crippen LogP contribution in [0.5, 0.6) is 0 Å². The van der Waals surface area contributed by atoms with E-state index in [1.54, 1.807) is 50.8 Å². The third-order valence-electron chi connectivity index (χ3n) is 5.01. The van der Waals surface area contributed by atoms with Crippen molar-refractivity contribution in [2.24, 2.45) is 0 Å². The van der Waals surface area contributed by atoms with Gasteiger partial charge in [-0.3, -0.25) is 4.98 Å². The van der Waals surface area contributed by atoms with Crippen LogP contribution in [-0.2, 0) is 4.74 Å². The second-order valence-corrected chi connectivity index (χ2v) is 9.52. The highest BCUT2D eigenvalue weighted by atomic mass is 35.5. The number of halogens is 2. The lowest BCUT2D eigenvalue weighted by molar-refractivity contribution is 0.0503. The number of hydrogen-bond donors (Lipinski definition) is 3. The average Bonchev–Trinajstić information content (AvgIpc) is 3.24. The highest BCUT2D eigenvalue weighted by Gasteiger charge is 2.23. The highest BCUT2D eigenvalue weighted by Crippen LogP contribution is 2.25. The number of alkyl carbamates (subject to hydrolysis) is 1. The first kappa shape index (κ1) is 26.7. The number of nitriles is 1. The van der Waals surface area contributed by atoms with Gasteiger partial charge < -0.3 is 20.7 Å². The van der Waals surface area contributed by atoms with Crippen LogP contribution in [0.15, 0.2) is 36.9 Å². The maximum Gasteiger partial charge on any atom is 0.407 e. The molecular weight excluding hydrogens is 487 g/mol. The molecule has 0 spiro atoms. The third kappa shape index (κ3) is 7.05. The van der Waals surface area contributed by atoms with Crippen LogP contribution in [0, 0.1) is 17.1 Å². The molecule has 0 aliphatic heterocycles. The molecule has 12 heteroatoms. The van der Waals surface area contributed by atoms with Gasteiger partial charge in [0.15, 0.2) is 17.5 Å². The molecule has 0 radical (unpaired) electrons. The number of pyridine rings is 2. The maximum absolute atomic E-state index is 14.8. The van der Waals surface area contributed by atoms with Gasteiger partial charge in [0.25, 0.3) is 0 Å². The molecule has 0 fully saturated rings. The molecule has 0 saturated carbocycles. The molecule has 36 heavy (non-hydrogen) atoms. The van der Waals surface area contributed by atoms with Crippen LogP contribution in [0.4, 0.5) is 26.5 Å². The zero-order valence-electron chi connectivity index (χ0n) is 20.6. The molecule has 0 saturated heterocycles. The molecule has 3 aromatic heterocycles. The monoisotopic (exact) mass is 514 g/mol. The molecular formula is C24H28ClFN8O2. The van der Waals surface area contributed by atoms with Gasteiger partial charge in [-0.1, -0.05) is 18.5 Å². The zero-order chi connectivity index (χ0) is 26.5. The Balaban J connectivity index is 1.81. The van der Waals surface area contributed by atoms with Crippen LogP contribution in [-0.4, -0.2) is 43.5 Å². The molecule has 0 aromatic carbocycles. The van der Waals surface area contributed by atoms with Crippen LogP contribution in [0.2, 0.25) is 5.02 Å². The SMILES string of the molecule is CC[C@@H](Nc1nc(Nc2cncc(-n3cc(Cl)cn3)c2)c(C#N)cc1F)[C@H](C)NC(=O)OC(C)(C)C. The van der Waals surface area contributed by atoms with Gasteiger partial charge in [0.1, 0.15) is 11.7 Å². The van der Waals surface area contributed by atoms with E-state index >= 15 is 0 Å². The second-order valence-electron chi connectivity index (χ2n) is 9.08. The number of aromatic nitrogens is 4. The van der Waals surface area contributed by atoms with Gasteiger partial charge in [0, 0.05) is 18.3 Å². The number of nitrogens with one attached hydrogen (secondary N) is 3. The Bertz CT molecular complexity index is 1270. The van der Waals surface area contributed by atoms with Gasteiger partial charge in [-0.25, -0.2) is 18.9 Å². The van der Waals surface area contributed by atoms with E-state index in [1.165, 1.54) is 12.4 Å². The summed E-state index contributed by atoms with van der Waals surface area (Å²) in [4.78, 5) is 20.7. The molecule has 3 N–H and O–H groups in total. The summed E-state index contributed by atoms with van der Waals surface area (Å²) in [5, 5.41) is 23.0. The molecule has 3 aromatic rings. The van der Waals surface area contributed by atoms with E-state index in [9.17, 15) is 14.4 Å². The van der Waals surface area contributed by atoms with Crippen LogP contribution in [0.3, 0.4) is 0 Å². The predicted molar refractivity (Wildman–Crippen MR) is 135 cm³/mol. The lowest BCUT2D eigenvalue weighted by atomic mass is 10.1. The minimum atomic E-state index is -0.696. The van der Waals surface area contributed by atoms with Crippen LogP contribution in [0.25, 0.3) is 5.69 Å². The van der Waals surface area contributed by atoms with E-state index in [2.05, 4.69) is 31.0 Å². The van der Waals surface area contributed by atoms with E-state index < -0.39 is 23.6 Å². The molecule has 190 valence electrons. The number of hydrogen-bond acceptors (Lipinski definition) is 8. The lowest BCUT2D eigenvalue weighted by Gasteiger charge is -2.27. The van der Waals surface area contributed by atoms with Gasteiger partial charge in [-0.2, -0.15) is 10.4 Å². The molecule has 0 aliphatic carbocycles. The Labute approximate surface area is 213 Å². The average molecular weight is 515 g/mol. The summed E-state index contributed by atoms with van der Waals surface area (Å²) >= 11 is 5.95. The van der Waals surface area contributed by atoms with Crippen molar-refractivity contribution in [3.8, 4) is 11.8 Å². The summed E-state index contributed by atoms with van der Waals surface area (Å²) in [6.07, 6.45) is 6.23. The molecule has 2 atom stereocenters. The van der Waals surface area contributed by atoms with Crippen molar-refractivity contribution in [1.29, 1.82) is 5.26 Å². The van der Waals surface area contributed by atoms with Crippen molar-refractivity contribution in [2.45, 2.75) is 58.7 Å². The van der Waals surface area contributed by atoms with Gasteiger partial charge in [0.2, 0.25) is 0 Å².